The number of carbonyl (C=O) groups is 1. The number of sulfonamides is 1. The Morgan fingerprint density at radius 1 is 1.06 bits per heavy atom. The van der Waals surface area contributed by atoms with Crippen LogP contribution in [0.1, 0.15) is 34.7 Å². The lowest BCUT2D eigenvalue weighted by Gasteiger charge is -2.22. The Balaban J connectivity index is 1.61. The van der Waals surface area contributed by atoms with Crippen molar-refractivity contribution >= 4 is 26.8 Å². The molecule has 1 aliphatic carbocycles. The van der Waals surface area contributed by atoms with Crippen molar-refractivity contribution in [3.05, 3.63) is 101 Å². The second-order valence-corrected chi connectivity index (χ2v) is 10.8. The second-order valence-electron chi connectivity index (χ2n) is 9.16. The van der Waals surface area contributed by atoms with Crippen molar-refractivity contribution in [1.82, 2.24) is 9.71 Å². The van der Waals surface area contributed by atoms with Gasteiger partial charge < -0.3 is 4.74 Å². The van der Waals surface area contributed by atoms with Gasteiger partial charge in [0.15, 0.2) is 0 Å². The average Bonchev–Trinajstić information content (AvgIpc) is 3.60. The fourth-order valence-corrected chi connectivity index (χ4v) is 6.22. The van der Waals surface area contributed by atoms with E-state index < -0.39 is 33.1 Å². The summed E-state index contributed by atoms with van der Waals surface area (Å²) in [6.45, 7) is 3.69. The number of amides is 1. The molecule has 1 aromatic heterocycles. The van der Waals surface area contributed by atoms with E-state index in [0.717, 1.165) is 11.3 Å². The van der Waals surface area contributed by atoms with E-state index in [-0.39, 0.29) is 11.3 Å². The largest absolute Gasteiger partial charge is 0.496 e. The topological polar surface area (TPSA) is 85.4 Å². The van der Waals surface area contributed by atoms with E-state index in [9.17, 15) is 17.6 Å². The molecule has 1 N–H and O–H groups in total. The summed E-state index contributed by atoms with van der Waals surface area (Å²) >= 11 is 0. The standard InChI is InChI=1S/C28H25FN2O4S/c1-17-11-14-25(35-3)21(15-17)28(16-22(28)19-7-4-5-8-23(19)29)27(32)31-36(33,34)26-10-6-9-24-20(26)13-12-18(2)30-24/h4-15,22H,16H2,1-3H3,(H,31,32)/t22-,28-/m1/s1. The number of nitrogens with zero attached hydrogens (tertiary/aromatic N) is 1. The predicted molar refractivity (Wildman–Crippen MR) is 135 cm³/mol. The summed E-state index contributed by atoms with van der Waals surface area (Å²) in [6, 6.07) is 19.8. The molecule has 1 amide bonds. The second kappa shape index (κ2) is 8.71. The number of hydrogen-bond donors (Lipinski definition) is 1. The first-order chi connectivity index (χ1) is 17.2. The van der Waals surface area contributed by atoms with Gasteiger partial charge in [0, 0.05) is 22.6 Å². The molecule has 36 heavy (non-hydrogen) atoms. The minimum absolute atomic E-state index is 0.0460. The van der Waals surface area contributed by atoms with Gasteiger partial charge in [0.25, 0.3) is 10.0 Å². The van der Waals surface area contributed by atoms with Gasteiger partial charge in [0.05, 0.1) is 22.9 Å². The molecule has 0 saturated heterocycles. The molecule has 1 saturated carbocycles. The number of pyridine rings is 1. The lowest BCUT2D eigenvalue weighted by Crippen LogP contribution is -2.40. The summed E-state index contributed by atoms with van der Waals surface area (Å²) in [4.78, 5) is 18.2. The van der Waals surface area contributed by atoms with Crippen LogP contribution in [0.3, 0.4) is 0 Å². The summed E-state index contributed by atoms with van der Waals surface area (Å²) in [7, 11) is -2.78. The van der Waals surface area contributed by atoms with Gasteiger partial charge in [0.1, 0.15) is 11.6 Å². The van der Waals surface area contributed by atoms with Crippen LogP contribution < -0.4 is 9.46 Å². The highest BCUT2D eigenvalue weighted by molar-refractivity contribution is 7.90. The Labute approximate surface area is 209 Å². The monoisotopic (exact) mass is 504 g/mol. The average molecular weight is 505 g/mol. The highest BCUT2D eigenvalue weighted by Gasteiger charge is 2.64. The first kappa shape index (κ1) is 23.9. The van der Waals surface area contributed by atoms with Crippen molar-refractivity contribution in [3.8, 4) is 5.75 Å². The fraction of sp³-hybridized carbons (Fsp3) is 0.214. The first-order valence-corrected chi connectivity index (χ1v) is 13.0. The molecular weight excluding hydrogens is 479 g/mol. The number of hydrogen-bond acceptors (Lipinski definition) is 5. The number of carbonyl (C=O) groups excluding carboxylic acids is 1. The third kappa shape index (κ3) is 3.91. The maximum absolute atomic E-state index is 14.8. The third-order valence-corrected chi connectivity index (χ3v) is 8.22. The number of benzene rings is 3. The first-order valence-electron chi connectivity index (χ1n) is 11.5. The van der Waals surface area contributed by atoms with Crippen molar-refractivity contribution in [2.45, 2.75) is 36.5 Å². The van der Waals surface area contributed by atoms with Crippen LogP contribution in [0, 0.1) is 19.7 Å². The molecule has 6 nitrogen and oxygen atoms in total. The Hall–Kier alpha value is -3.78. The van der Waals surface area contributed by atoms with Crippen LogP contribution in [-0.2, 0) is 20.2 Å². The zero-order valence-electron chi connectivity index (χ0n) is 20.1. The van der Waals surface area contributed by atoms with Crippen LogP contribution in [0.2, 0.25) is 0 Å². The maximum Gasteiger partial charge on any atom is 0.264 e. The van der Waals surface area contributed by atoms with Crippen LogP contribution in [0.5, 0.6) is 5.75 Å². The number of rotatable bonds is 6. The molecule has 0 aliphatic heterocycles. The number of ether oxygens (including phenoxy) is 1. The van der Waals surface area contributed by atoms with Gasteiger partial charge >= 0.3 is 0 Å². The molecule has 3 aromatic carbocycles. The Kier molecular flexibility index (Phi) is 5.79. The molecule has 0 unspecified atom stereocenters. The zero-order valence-corrected chi connectivity index (χ0v) is 20.9. The molecule has 0 bridgehead atoms. The molecule has 4 aromatic rings. The van der Waals surface area contributed by atoms with Crippen LogP contribution >= 0.6 is 0 Å². The number of methoxy groups -OCH3 is 1. The Morgan fingerprint density at radius 3 is 2.58 bits per heavy atom. The Bertz CT molecular complexity index is 1620. The van der Waals surface area contributed by atoms with Crippen molar-refractivity contribution in [3.63, 3.8) is 0 Å². The highest BCUT2D eigenvalue weighted by Crippen LogP contribution is 2.63. The number of halogens is 1. The predicted octanol–water partition coefficient (Wildman–Crippen LogP) is 4.93. The molecule has 1 heterocycles. The van der Waals surface area contributed by atoms with Crippen LogP contribution in [0.25, 0.3) is 10.9 Å². The maximum atomic E-state index is 14.8. The van der Waals surface area contributed by atoms with Crippen LogP contribution in [0.15, 0.2) is 77.7 Å². The molecule has 1 aliphatic rings. The van der Waals surface area contributed by atoms with Gasteiger partial charge in [-0.3, -0.25) is 9.78 Å². The van der Waals surface area contributed by atoms with Crippen molar-refractivity contribution in [1.29, 1.82) is 0 Å². The van der Waals surface area contributed by atoms with Crippen molar-refractivity contribution in [2.75, 3.05) is 7.11 Å². The molecule has 0 radical (unpaired) electrons. The van der Waals surface area contributed by atoms with Gasteiger partial charge in [0.2, 0.25) is 5.91 Å². The van der Waals surface area contributed by atoms with E-state index >= 15 is 0 Å². The summed E-state index contributed by atoms with van der Waals surface area (Å²) < 4.78 is 49.7. The van der Waals surface area contributed by atoms with E-state index in [4.69, 9.17) is 4.74 Å². The zero-order chi connectivity index (χ0) is 25.7. The van der Waals surface area contributed by atoms with Gasteiger partial charge in [-0.2, -0.15) is 0 Å². The van der Waals surface area contributed by atoms with Crippen LogP contribution in [-0.4, -0.2) is 26.4 Å². The lowest BCUT2D eigenvalue weighted by molar-refractivity contribution is -0.122. The van der Waals surface area contributed by atoms with Gasteiger partial charge in [-0.25, -0.2) is 17.5 Å². The quantitative estimate of drug-likeness (QED) is 0.403. The number of aromatic nitrogens is 1. The molecule has 1 fully saturated rings. The molecular formula is C28H25FN2O4S. The van der Waals surface area contributed by atoms with Gasteiger partial charge in [-0.15, -0.1) is 0 Å². The van der Waals surface area contributed by atoms with Gasteiger partial charge in [-0.05, 0) is 62.2 Å². The number of fused-ring (bicyclic) bond motifs is 1. The minimum atomic E-state index is -4.27. The third-order valence-electron chi connectivity index (χ3n) is 6.83. The molecule has 8 heteroatoms. The lowest BCUT2D eigenvalue weighted by atomic mass is 9.88. The smallest absolute Gasteiger partial charge is 0.264 e. The van der Waals surface area contributed by atoms with Crippen molar-refractivity contribution < 1.29 is 22.3 Å². The van der Waals surface area contributed by atoms with E-state index in [1.165, 1.54) is 19.2 Å². The van der Waals surface area contributed by atoms with Gasteiger partial charge in [-0.1, -0.05) is 42.0 Å². The molecule has 5 rings (SSSR count). The molecule has 184 valence electrons. The normalized spacial score (nSPS) is 19.2. The summed E-state index contributed by atoms with van der Waals surface area (Å²) in [5, 5.41) is 0.409. The molecule has 0 spiro atoms. The van der Waals surface area contributed by atoms with Crippen LogP contribution in [0.4, 0.5) is 4.39 Å². The number of nitrogens with one attached hydrogen (secondary N) is 1. The molecule has 2 atom stereocenters. The number of aryl methyl sites for hydroxylation is 2. The van der Waals surface area contributed by atoms with E-state index in [0.29, 0.717) is 27.8 Å². The highest BCUT2D eigenvalue weighted by atomic mass is 32.2. The Morgan fingerprint density at radius 2 is 1.83 bits per heavy atom. The van der Waals surface area contributed by atoms with E-state index in [1.54, 1.807) is 54.6 Å². The fourth-order valence-electron chi connectivity index (χ4n) is 4.97. The summed E-state index contributed by atoms with van der Waals surface area (Å²) in [5.74, 6) is -1.28. The van der Waals surface area contributed by atoms with E-state index in [2.05, 4.69) is 9.71 Å². The SMILES string of the molecule is COc1ccc(C)cc1[C@]1(C(=O)NS(=O)(=O)c2cccc3nc(C)ccc23)C[C@@H]1c1ccccc1F. The van der Waals surface area contributed by atoms with E-state index in [1.807, 2.05) is 19.9 Å². The summed E-state index contributed by atoms with van der Waals surface area (Å²) in [5.41, 5.74) is 1.70. The van der Waals surface area contributed by atoms with Crippen molar-refractivity contribution in [2.24, 2.45) is 0 Å². The minimum Gasteiger partial charge on any atom is -0.496 e. The summed E-state index contributed by atoms with van der Waals surface area (Å²) in [6.07, 6.45) is 0.241.